The number of rotatable bonds is 6. The van der Waals surface area contributed by atoms with Crippen molar-refractivity contribution in [2.24, 2.45) is 0 Å². The summed E-state index contributed by atoms with van der Waals surface area (Å²) in [5.74, 6) is 0. The van der Waals surface area contributed by atoms with Crippen molar-refractivity contribution in [3.8, 4) is 46.8 Å². The van der Waals surface area contributed by atoms with Gasteiger partial charge in [-0.25, -0.2) is 19.9 Å². The Balaban J connectivity index is 0.000000176. The van der Waals surface area contributed by atoms with Crippen LogP contribution in [0.4, 0.5) is 51.2 Å². The summed E-state index contributed by atoms with van der Waals surface area (Å²) in [6.07, 6.45) is 0. The first-order chi connectivity index (χ1) is 44.2. The van der Waals surface area contributed by atoms with Crippen LogP contribution in [0, 0.1) is 45.3 Å². The molecule has 92 heavy (non-hydrogen) atoms. The Bertz CT molecular complexity index is 4490. The molecule has 9 aromatic carbocycles. The molecule has 0 atom stereocenters. The van der Waals surface area contributed by atoms with Gasteiger partial charge in [-0.2, -0.15) is 21.0 Å². The van der Waals surface area contributed by atoms with Gasteiger partial charge in [-0.15, -0.1) is 0 Å². The summed E-state index contributed by atoms with van der Waals surface area (Å²) in [5.41, 5.74) is 20.6. The van der Waals surface area contributed by atoms with E-state index in [9.17, 15) is 10.5 Å². The Morgan fingerprint density at radius 3 is 0.772 bits per heavy atom. The molecule has 0 fully saturated rings. The van der Waals surface area contributed by atoms with Crippen LogP contribution in [-0.4, -0.2) is 38.3 Å². The molecule has 3 aliphatic heterocycles. The van der Waals surface area contributed by atoms with Crippen molar-refractivity contribution in [1.29, 1.82) is 21.0 Å². The molecule has 3 aliphatic rings. The van der Waals surface area contributed by atoms with Crippen LogP contribution < -0.4 is 18.3 Å². The maximum atomic E-state index is 10.3. The monoisotopic (exact) mass is 1430 g/mol. The first kappa shape index (κ1) is 62.5. The molecule has 448 valence electrons. The summed E-state index contributed by atoms with van der Waals surface area (Å²) >= 11 is 3.99. The second kappa shape index (κ2) is 24.8. The van der Waals surface area contributed by atoms with Gasteiger partial charge in [-0.3, -0.25) is 0 Å². The minimum Gasteiger partial charge on any atom is -0.310 e. The van der Waals surface area contributed by atoms with E-state index in [1.165, 1.54) is 50.4 Å². The number of hydrogen-bond acceptors (Lipinski definition) is 11. The Labute approximate surface area is 559 Å². The van der Waals surface area contributed by atoms with E-state index in [0.717, 1.165) is 34.1 Å². The van der Waals surface area contributed by atoms with Gasteiger partial charge < -0.3 is 9.80 Å². The van der Waals surface area contributed by atoms with Gasteiger partial charge in [0, 0.05) is 33.3 Å². The SMILES string of the molecule is CC1(C)c2ccccc2N(c2cc[c]([Sn]([CH3])([CH3])[CH3])cc2)c2ccccc21.CC1(C)c2ccccc2N(c2ccc(-c3nc(C#N)c(-c4ccc(N5c6ccccc6C(C)(C)c6ccccc65)cc4)nc3C#N)cc2)c2ccccc21.N#Cc1nc(Br)c(C#N)nc1Br. The second-order valence-corrected chi connectivity index (χ2v) is 41.4. The molecule has 11 aromatic rings. The van der Waals surface area contributed by atoms with E-state index >= 15 is 0 Å². The fraction of sp³-hybridized carbons (Fsp3) is 0.154. The van der Waals surface area contributed by atoms with Crippen LogP contribution in [0.2, 0.25) is 14.8 Å². The second-order valence-electron chi connectivity index (χ2n) is 25.4. The molecule has 0 bridgehead atoms. The van der Waals surface area contributed by atoms with Crippen molar-refractivity contribution >= 4 is 105 Å². The molecule has 14 rings (SSSR count). The zero-order valence-electron chi connectivity index (χ0n) is 52.5. The minimum atomic E-state index is -2.04. The predicted molar refractivity (Wildman–Crippen MR) is 379 cm³/mol. The van der Waals surface area contributed by atoms with E-state index in [1.54, 1.807) is 3.58 Å². The van der Waals surface area contributed by atoms with E-state index in [4.69, 9.17) is 20.5 Å². The average Bonchev–Trinajstić information content (AvgIpc) is 0.745. The molecule has 0 unspecified atom stereocenters. The molecule has 0 aliphatic carbocycles. The van der Waals surface area contributed by atoms with Gasteiger partial charge in [0.15, 0.2) is 22.8 Å². The van der Waals surface area contributed by atoms with Crippen LogP contribution in [0.5, 0.6) is 0 Å². The van der Waals surface area contributed by atoms with Crippen molar-refractivity contribution in [1.82, 2.24) is 19.9 Å². The fourth-order valence-electron chi connectivity index (χ4n) is 13.0. The van der Waals surface area contributed by atoms with Crippen LogP contribution in [-0.2, 0) is 16.2 Å². The Hall–Kier alpha value is -9.74. The van der Waals surface area contributed by atoms with E-state index in [0.29, 0.717) is 22.5 Å². The first-order valence-corrected chi connectivity index (χ1v) is 41.8. The van der Waals surface area contributed by atoms with Gasteiger partial charge in [0.1, 0.15) is 44.9 Å². The van der Waals surface area contributed by atoms with Crippen LogP contribution in [0.3, 0.4) is 0 Å². The van der Waals surface area contributed by atoms with E-state index in [2.05, 4.69) is 295 Å². The maximum Gasteiger partial charge on any atom is 0.174 e. The average molecular weight is 1430 g/mol. The number of hydrogen-bond donors (Lipinski definition) is 0. The van der Waals surface area contributed by atoms with Gasteiger partial charge in [0.2, 0.25) is 0 Å². The Kier molecular flexibility index (Phi) is 16.8. The minimum absolute atomic E-state index is 0.00545. The number of benzene rings is 9. The van der Waals surface area contributed by atoms with E-state index < -0.39 is 18.4 Å². The van der Waals surface area contributed by atoms with Gasteiger partial charge in [-0.1, -0.05) is 125 Å². The van der Waals surface area contributed by atoms with Gasteiger partial charge in [-0.05, 0) is 103 Å². The normalized spacial score (nSPS) is 14.0. The molecule has 0 N–H and O–H groups in total. The molecule has 14 heteroatoms. The summed E-state index contributed by atoms with van der Waals surface area (Å²) in [6.45, 7) is 13.7. The zero-order valence-corrected chi connectivity index (χ0v) is 58.5. The van der Waals surface area contributed by atoms with Crippen molar-refractivity contribution in [3.63, 3.8) is 0 Å². The van der Waals surface area contributed by atoms with Crippen LogP contribution in [0.15, 0.2) is 228 Å². The topological polar surface area (TPSA) is 156 Å². The smallest absolute Gasteiger partial charge is 0.174 e. The van der Waals surface area contributed by atoms with Crippen molar-refractivity contribution < 1.29 is 0 Å². The molecule has 11 nitrogen and oxygen atoms in total. The molecule has 0 spiro atoms. The molecule has 0 amide bonds. The van der Waals surface area contributed by atoms with Crippen LogP contribution in [0.1, 0.15) is 97.7 Å². The summed E-state index contributed by atoms with van der Waals surface area (Å²) < 4.78 is 2.14. The third-order valence-corrected chi connectivity index (χ3v) is 24.8. The first-order valence-electron chi connectivity index (χ1n) is 30.3. The number of anilines is 9. The van der Waals surface area contributed by atoms with Crippen LogP contribution >= 0.6 is 31.9 Å². The number of nitriles is 4. The molecular formula is C78H63Br2N11Sn. The number of fused-ring (bicyclic) bond motifs is 6. The number of para-hydroxylation sites is 6. The molecule has 0 saturated carbocycles. The maximum absolute atomic E-state index is 10.3. The Morgan fingerprint density at radius 1 is 0.315 bits per heavy atom. The van der Waals surface area contributed by atoms with Crippen molar-refractivity contribution in [2.75, 3.05) is 14.7 Å². The van der Waals surface area contributed by atoms with E-state index in [1.807, 2.05) is 60.7 Å². The van der Waals surface area contributed by atoms with Crippen LogP contribution in [0.25, 0.3) is 22.5 Å². The summed E-state index contributed by atoms with van der Waals surface area (Å²) in [4.78, 5) is 31.5. The molecule has 0 radical (unpaired) electrons. The third kappa shape index (κ3) is 11.2. The molecule has 0 saturated heterocycles. The largest absolute Gasteiger partial charge is 0.310 e. The predicted octanol–water partition coefficient (Wildman–Crippen LogP) is 19.9. The van der Waals surface area contributed by atoms with Crippen molar-refractivity contribution in [2.45, 2.75) is 72.6 Å². The third-order valence-electron chi connectivity index (χ3n) is 17.8. The standard InChI is InChI=1S/C48H36N6.C21H18N.C6Br2N4.3CH3.Sn/c1-47(2)35-13-5-9-17-41(35)53(42-18-10-6-14-36(42)47)33-25-21-31(22-26-33)45-39(29-49)52-46(40(30-50)51-45)32-23-27-34(28-24-32)54-43-19-11-7-15-37(43)48(3,4)38-16-8-12-20-44(38)54;1-21(2)17-12-6-8-14-19(17)22(16-10-4-3-5-11-16)20-15-9-7-13-18(20)21;7-5-3(1-9)11-6(8)4(2-10)12-5;;;;/h5-28H,1-4H3;4-15H,1-2H3;;3*1H3;. The Morgan fingerprint density at radius 2 is 0.543 bits per heavy atom. The molecular weight excluding hydrogens is 1370 g/mol. The van der Waals surface area contributed by atoms with E-state index in [-0.39, 0.29) is 48.2 Å². The summed E-state index contributed by atoms with van der Waals surface area (Å²) in [5, 5.41) is 37.7. The zero-order chi connectivity index (χ0) is 64.9. The van der Waals surface area contributed by atoms with Gasteiger partial charge in [0.05, 0.1) is 22.7 Å². The molecule has 5 heterocycles. The number of aromatic nitrogens is 4. The van der Waals surface area contributed by atoms with Gasteiger partial charge >= 0.3 is 162 Å². The quantitative estimate of drug-likeness (QED) is 0.146. The number of nitrogens with zero attached hydrogens (tertiary/aromatic N) is 11. The summed E-state index contributed by atoms with van der Waals surface area (Å²) in [6, 6.07) is 85.3. The number of halogens is 2. The summed E-state index contributed by atoms with van der Waals surface area (Å²) in [7, 11) is 0. The fourth-order valence-corrected chi connectivity index (χ4v) is 17.1. The molecule has 2 aromatic heterocycles. The van der Waals surface area contributed by atoms with Crippen molar-refractivity contribution in [3.05, 3.63) is 284 Å². The van der Waals surface area contributed by atoms with Gasteiger partial charge in [0.25, 0.3) is 0 Å².